The fraction of sp³-hybridized carbons (Fsp3) is 0.0556. The third-order valence-corrected chi connectivity index (χ3v) is 3.84. The van der Waals surface area contributed by atoms with Crippen molar-refractivity contribution >= 4 is 28.9 Å². The lowest BCUT2D eigenvalue weighted by molar-refractivity contribution is -0.383. The Morgan fingerprint density at radius 2 is 1.80 bits per heavy atom. The first-order valence-corrected chi connectivity index (χ1v) is 8.31. The van der Waals surface area contributed by atoms with E-state index in [1.165, 1.54) is 19.2 Å². The summed E-state index contributed by atoms with van der Waals surface area (Å²) in [5, 5.41) is 13.9. The number of methoxy groups -OCH3 is 1. The molecule has 3 aromatic rings. The summed E-state index contributed by atoms with van der Waals surface area (Å²) in [7, 11) is 1.48. The van der Waals surface area contributed by atoms with Gasteiger partial charge in [0.25, 0.3) is 5.91 Å². The zero-order chi connectivity index (χ0) is 21.7. The summed E-state index contributed by atoms with van der Waals surface area (Å²) in [6.45, 7) is 0. The quantitative estimate of drug-likeness (QED) is 0.395. The average molecular weight is 416 g/mol. The van der Waals surface area contributed by atoms with E-state index >= 15 is 0 Å². The maximum absolute atomic E-state index is 13.9. The fourth-order valence-corrected chi connectivity index (χ4v) is 2.38. The van der Waals surface area contributed by atoms with Crippen LogP contribution in [-0.2, 0) is 0 Å². The van der Waals surface area contributed by atoms with Crippen LogP contribution in [0.3, 0.4) is 0 Å². The van der Waals surface area contributed by atoms with Gasteiger partial charge in [-0.2, -0.15) is 0 Å². The largest absolute Gasteiger partial charge is 0.497 e. The van der Waals surface area contributed by atoms with Crippen molar-refractivity contribution in [3.8, 4) is 5.75 Å². The molecule has 0 radical (unpaired) electrons. The first kappa shape index (κ1) is 20.4. The van der Waals surface area contributed by atoms with Gasteiger partial charge in [0.1, 0.15) is 23.7 Å². The number of aromatic nitrogens is 2. The predicted molar refractivity (Wildman–Crippen MR) is 102 cm³/mol. The number of rotatable bonds is 7. The molecule has 3 rings (SSSR count). The van der Waals surface area contributed by atoms with Crippen LogP contribution in [0.1, 0.15) is 10.4 Å². The molecule has 0 aliphatic heterocycles. The monoisotopic (exact) mass is 416 g/mol. The standard InChI is InChI=1S/C18H14F2N6O4/c1-30-12-5-2-10(3-6-12)18(27)25-24-17-15(26(28)29)16(21-9-22-17)23-14-7-4-11(19)8-13(14)20/h2-9H,1H3,(H,25,27)(H2,21,22,23,24). The van der Waals surface area contributed by atoms with Crippen molar-refractivity contribution in [1.82, 2.24) is 15.4 Å². The number of amides is 1. The van der Waals surface area contributed by atoms with Crippen molar-refractivity contribution in [1.29, 1.82) is 0 Å². The van der Waals surface area contributed by atoms with E-state index in [4.69, 9.17) is 4.74 Å². The van der Waals surface area contributed by atoms with Crippen molar-refractivity contribution < 1.29 is 23.2 Å². The molecule has 10 nitrogen and oxygen atoms in total. The number of nitro groups is 1. The van der Waals surface area contributed by atoms with Gasteiger partial charge in [0.2, 0.25) is 11.6 Å². The van der Waals surface area contributed by atoms with Crippen LogP contribution in [0.15, 0.2) is 48.8 Å². The Bertz CT molecular complexity index is 1090. The maximum atomic E-state index is 13.9. The van der Waals surface area contributed by atoms with Gasteiger partial charge in [-0.15, -0.1) is 0 Å². The first-order valence-electron chi connectivity index (χ1n) is 8.31. The van der Waals surface area contributed by atoms with E-state index in [2.05, 4.69) is 26.1 Å². The number of nitrogens with zero attached hydrogens (tertiary/aromatic N) is 3. The second-order valence-corrected chi connectivity index (χ2v) is 5.73. The minimum atomic E-state index is -0.967. The Morgan fingerprint density at radius 1 is 1.10 bits per heavy atom. The Labute approximate surface area is 168 Å². The summed E-state index contributed by atoms with van der Waals surface area (Å²) in [6.07, 6.45) is 0.971. The molecule has 12 heteroatoms. The molecule has 30 heavy (non-hydrogen) atoms. The molecule has 0 aliphatic carbocycles. The normalized spacial score (nSPS) is 10.2. The van der Waals surface area contributed by atoms with Gasteiger partial charge in [-0.05, 0) is 36.4 Å². The van der Waals surface area contributed by atoms with Crippen LogP contribution in [0, 0.1) is 21.7 Å². The lowest BCUT2D eigenvalue weighted by Crippen LogP contribution is -2.30. The topological polar surface area (TPSA) is 131 Å². The molecular weight excluding hydrogens is 402 g/mol. The molecule has 1 heterocycles. The van der Waals surface area contributed by atoms with Crippen LogP contribution in [-0.4, -0.2) is 27.9 Å². The highest BCUT2D eigenvalue weighted by Crippen LogP contribution is 2.31. The third kappa shape index (κ3) is 4.55. The summed E-state index contributed by atoms with van der Waals surface area (Å²) in [5.74, 6) is -2.52. The SMILES string of the molecule is COc1ccc(C(=O)NNc2ncnc(Nc3ccc(F)cc3F)c2[N+](=O)[O-])cc1. The summed E-state index contributed by atoms with van der Waals surface area (Å²) in [6, 6.07) is 8.79. The number of hydrogen-bond donors (Lipinski definition) is 3. The molecule has 0 bridgehead atoms. The Hall–Kier alpha value is -4.35. The lowest BCUT2D eigenvalue weighted by atomic mass is 10.2. The van der Waals surface area contributed by atoms with Crippen LogP contribution in [0.2, 0.25) is 0 Å². The Morgan fingerprint density at radius 3 is 2.43 bits per heavy atom. The van der Waals surface area contributed by atoms with Crippen LogP contribution in [0.25, 0.3) is 0 Å². The number of hydrogen-bond acceptors (Lipinski definition) is 8. The van der Waals surface area contributed by atoms with E-state index in [0.717, 1.165) is 18.5 Å². The molecule has 0 spiro atoms. The molecule has 2 aromatic carbocycles. The highest BCUT2D eigenvalue weighted by Gasteiger charge is 2.24. The lowest BCUT2D eigenvalue weighted by Gasteiger charge is -2.11. The second-order valence-electron chi connectivity index (χ2n) is 5.73. The van der Waals surface area contributed by atoms with Crippen molar-refractivity contribution in [2.45, 2.75) is 0 Å². The van der Waals surface area contributed by atoms with Gasteiger partial charge >= 0.3 is 5.69 Å². The number of carbonyl (C=O) groups excluding carboxylic acids is 1. The molecule has 0 saturated heterocycles. The number of anilines is 3. The summed E-state index contributed by atoms with van der Waals surface area (Å²) in [4.78, 5) is 30.4. The molecule has 154 valence electrons. The van der Waals surface area contributed by atoms with Gasteiger partial charge in [0.05, 0.1) is 17.7 Å². The summed E-state index contributed by atoms with van der Waals surface area (Å²) in [5.41, 5.74) is 4.01. The highest BCUT2D eigenvalue weighted by atomic mass is 19.1. The van der Waals surface area contributed by atoms with Crippen LogP contribution in [0.4, 0.5) is 31.8 Å². The van der Waals surface area contributed by atoms with Gasteiger partial charge in [-0.1, -0.05) is 0 Å². The van der Waals surface area contributed by atoms with E-state index in [0.29, 0.717) is 11.8 Å². The van der Waals surface area contributed by atoms with Gasteiger partial charge in [-0.25, -0.2) is 18.7 Å². The first-order chi connectivity index (χ1) is 14.4. The zero-order valence-electron chi connectivity index (χ0n) is 15.3. The minimum absolute atomic E-state index is 0.230. The van der Waals surface area contributed by atoms with Crippen LogP contribution < -0.4 is 20.9 Å². The predicted octanol–water partition coefficient (Wildman–Crippen LogP) is 3.17. The fourth-order valence-electron chi connectivity index (χ4n) is 2.38. The molecule has 0 saturated carbocycles. The van der Waals surface area contributed by atoms with Gasteiger partial charge in [0, 0.05) is 11.6 Å². The number of carbonyl (C=O) groups is 1. The number of halogens is 2. The number of hydrazine groups is 1. The second kappa shape index (κ2) is 8.77. The maximum Gasteiger partial charge on any atom is 0.355 e. The van der Waals surface area contributed by atoms with Gasteiger partial charge < -0.3 is 10.1 Å². The molecule has 1 aromatic heterocycles. The van der Waals surface area contributed by atoms with E-state index in [9.17, 15) is 23.7 Å². The highest BCUT2D eigenvalue weighted by molar-refractivity contribution is 5.95. The van der Waals surface area contributed by atoms with E-state index in [-0.39, 0.29) is 22.9 Å². The molecule has 0 aliphatic rings. The van der Waals surface area contributed by atoms with Crippen LogP contribution >= 0.6 is 0 Å². The van der Waals surface area contributed by atoms with Crippen molar-refractivity contribution in [3.05, 3.63) is 76.1 Å². The van der Waals surface area contributed by atoms with Gasteiger partial charge in [0.15, 0.2) is 0 Å². The number of benzene rings is 2. The number of nitrogens with one attached hydrogen (secondary N) is 3. The molecular formula is C18H14F2N6O4. The Balaban J connectivity index is 1.81. The summed E-state index contributed by atoms with van der Waals surface area (Å²) >= 11 is 0. The minimum Gasteiger partial charge on any atom is -0.497 e. The van der Waals surface area contributed by atoms with Crippen molar-refractivity contribution in [2.24, 2.45) is 0 Å². The van der Waals surface area contributed by atoms with Crippen molar-refractivity contribution in [2.75, 3.05) is 17.9 Å². The number of ether oxygens (including phenoxy) is 1. The smallest absolute Gasteiger partial charge is 0.355 e. The summed E-state index contributed by atoms with van der Waals surface area (Å²) < 4.78 is 31.9. The molecule has 1 amide bonds. The third-order valence-electron chi connectivity index (χ3n) is 3.84. The van der Waals surface area contributed by atoms with E-state index < -0.39 is 28.2 Å². The van der Waals surface area contributed by atoms with E-state index in [1.54, 1.807) is 12.1 Å². The molecule has 3 N–H and O–H groups in total. The van der Waals surface area contributed by atoms with Crippen LogP contribution in [0.5, 0.6) is 5.75 Å². The van der Waals surface area contributed by atoms with Crippen molar-refractivity contribution in [3.63, 3.8) is 0 Å². The molecule has 0 unspecified atom stereocenters. The van der Waals surface area contributed by atoms with Gasteiger partial charge in [-0.3, -0.25) is 25.8 Å². The van der Waals surface area contributed by atoms with E-state index in [1.807, 2.05) is 0 Å². The zero-order valence-corrected chi connectivity index (χ0v) is 15.3. The molecule has 0 atom stereocenters. The Kier molecular flexibility index (Phi) is 5.96. The molecule has 0 fully saturated rings. The average Bonchev–Trinajstić information content (AvgIpc) is 2.74.